The first-order valence-electron chi connectivity index (χ1n) is 7.11. The number of hydrogen-bond donors (Lipinski definition) is 1. The normalized spacial score (nSPS) is 36.4. The number of likely N-dealkylation sites (tertiary alicyclic amines) is 1. The highest BCUT2D eigenvalue weighted by atomic mass is 19.1. The molecular weight excluding hydrogens is 215 g/mol. The summed E-state index contributed by atoms with van der Waals surface area (Å²) in [5.41, 5.74) is 0.162. The molecular formula is C14H27FN2. The molecule has 1 saturated carbocycles. The van der Waals surface area contributed by atoms with Gasteiger partial charge in [-0.05, 0) is 40.0 Å². The molecule has 1 unspecified atom stereocenters. The van der Waals surface area contributed by atoms with Crippen LogP contribution in [0, 0.1) is 0 Å². The highest BCUT2D eigenvalue weighted by Crippen LogP contribution is 2.28. The molecule has 1 N–H and O–H groups in total. The zero-order chi connectivity index (χ0) is 12.5. The molecule has 0 radical (unpaired) electrons. The third-order valence-electron chi connectivity index (χ3n) is 3.98. The van der Waals surface area contributed by atoms with Crippen LogP contribution in [0.4, 0.5) is 4.39 Å². The summed E-state index contributed by atoms with van der Waals surface area (Å²) in [4.78, 5) is 2.38. The van der Waals surface area contributed by atoms with Gasteiger partial charge in [-0.1, -0.05) is 12.8 Å². The summed E-state index contributed by atoms with van der Waals surface area (Å²) < 4.78 is 13.3. The van der Waals surface area contributed by atoms with Crippen molar-refractivity contribution in [2.45, 2.75) is 76.7 Å². The Hall–Kier alpha value is -0.150. The van der Waals surface area contributed by atoms with Crippen LogP contribution in [0.25, 0.3) is 0 Å². The van der Waals surface area contributed by atoms with E-state index < -0.39 is 6.17 Å². The van der Waals surface area contributed by atoms with E-state index in [0.717, 1.165) is 13.0 Å². The smallest absolute Gasteiger partial charge is 0.114 e. The molecule has 3 atom stereocenters. The van der Waals surface area contributed by atoms with Gasteiger partial charge in [-0.2, -0.15) is 0 Å². The van der Waals surface area contributed by atoms with Crippen molar-refractivity contribution in [1.29, 1.82) is 0 Å². The van der Waals surface area contributed by atoms with Crippen LogP contribution in [0.2, 0.25) is 0 Å². The van der Waals surface area contributed by atoms with Crippen LogP contribution < -0.4 is 5.32 Å². The van der Waals surface area contributed by atoms with Crippen LogP contribution in [0.1, 0.15) is 52.9 Å². The van der Waals surface area contributed by atoms with Gasteiger partial charge in [-0.25, -0.2) is 4.39 Å². The van der Waals surface area contributed by atoms with Crippen molar-refractivity contribution in [3.05, 3.63) is 0 Å². The number of alkyl halides is 1. The van der Waals surface area contributed by atoms with E-state index >= 15 is 0 Å². The van der Waals surface area contributed by atoms with E-state index in [2.05, 4.69) is 31.0 Å². The SMILES string of the molecule is CC(C)(C)N[C@H]1CCCC[C@@H]1N1CCC(F)C1. The van der Waals surface area contributed by atoms with Crippen LogP contribution in [0.3, 0.4) is 0 Å². The fourth-order valence-corrected chi connectivity index (χ4v) is 3.32. The second-order valence-electron chi connectivity index (χ2n) is 6.73. The number of hydrogen-bond acceptors (Lipinski definition) is 2. The van der Waals surface area contributed by atoms with Gasteiger partial charge < -0.3 is 5.32 Å². The number of halogens is 1. The third-order valence-corrected chi connectivity index (χ3v) is 3.98. The monoisotopic (exact) mass is 242 g/mol. The lowest BCUT2D eigenvalue weighted by atomic mass is 9.87. The molecule has 1 aliphatic carbocycles. The fraction of sp³-hybridized carbons (Fsp3) is 1.00. The van der Waals surface area contributed by atoms with E-state index in [-0.39, 0.29) is 5.54 Å². The van der Waals surface area contributed by atoms with Gasteiger partial charge in [0.1, 0.15) is 6.17 Å². The molecule has 2 aliphatic rings. The lowest BCUT2D eigenvalue weighted by molar-refractivity contribution is 0.124. The molecule has 17 heavy (non-hydrogen) atoms. The average molecular weight is 242 g/mol. The lowest BCUT2D eigenvalue weighted by Gasteiger charge is -2.41. The number of nitrogens with one attached hydrogen (secondary N) is 1. The summed E-state index contributed by atoms with van der Waals surface area (Å²) in [5, 5.41) is 3.74. The first-order chi connectivity index (χ1) is 7.96. The van der Waals surface area contributed by atoms with Crippen molar-refractivity contribution in [3.63, 3.8) is 0 Å². The van der Waals surface area contributed by atoms with Gasteiger partial charge in [-0.3, -0.25) is 4.90 Å². The minimum Gasteiger partial charge on any atom is -0.308 e. The Bertz CT molecular complexity index is 249. The van der Waals surface area contributed by atoms with Crippen LogP contribution in [0.15, 0.2) is 0 Å². The second kappa shape index (κ2) is 5.23. The van der Waals surface area contributed by atoms with Crippen molar-refractivity contribution >= 4 is 0 Å². The summed E-state index contributed by atoms with van der Waals surface area (Å²) in [6.45, 7) is 8.28. The first kappa shape index (κ1) is 13.3. The van der Waals surface area contributed by atoms with E-state index in [1.807, 2.05) is 0 Å². The molecule has 1 aliphatic heterocycles. The zero-order valence-corrected chi connectivity index (χ0v) is 11.5. The maximum Gasteiger partial charge on any atom is 0.114 e. The van der Waals surface area contributed by atoms with Gasteiger partial charge in [0, 0.05) is 30.7 Å². The van der Waals surface area contributed by atoms with E-state index in [1.165, 1.54) is 25.7 Å². The van der Waals surface area contributed by atoms with Gasteiger partial charge >= 0.3 is 0 Å². The minimum atomic E-state index is -0.591. The second-order valence-corrected chi connectivity index (χ2v) is 6.73. The summed E-state index contributed by atoms with van der Waals surface area (Å²) in [5.74, 6) is 0. The summed E-state index contributed by atoms with van der Waals surface area (Å²) in [6, 6.07) is 1.11. The van der Waals surface area contributed by atoms with Gasteiger partial charge in [0.25, 0.3) is 0 Å². The molecule has 0 spiro atoms. The van der Waals surface area contributed by atoms with Crippen LogP contribution in [0.5, 0.6) is 0 Å². The molecule has 0 aromatic rings. The van der Waals surface area contributed by atoms with Crippen LogP contribution in [-0.2, 0) is 0 Å². The summed E-state index contributed by atoms with van der Waals surface area (Å²) in [6.07, 6.45) is 5.25. The predicted molar refractivity (Wildman–Crippen MR) is 70.0 cm³/mol. The fourth-order valence-electron chi connectivity index (χ4n) is 3.32. The Morgan fingerprint density at radius 2 is 1.82 bits per heavy atom. The van der Waals surface area contributed by atoms with Crippen LogP contribution in [-0.4, -0.2) is 41.8 Å². The molecule has 1 heterocycles. The predicted octanol–water partition coefficient (Wildman–Crippen LogP) is 2.73. The molecule has 100 valence electrons. The van der Waals surface area contributed by atoms with Crippen LogP contribution >= 0.6 is 0 Å². The average Bonchev–Trinajstić information content (AvgIpc) is 2.63. The molecule has 0 amide bonds. The molecule has 3 heteroatoms. The quantitative estimate of drug-likeness (QED) is 0.801. The van der Waals surface area contributed by atoms with E-state index in [1.54, 1.807) is 0 Å². The third kappa shape index (κ3) is 3.65. The summed E-state index contributed by atoms with van der Waals surface area (Å²) >= 11 is 0. The minimum absolute atomic E-state index is 0.162. The van der Waals surface area contributed by atoms with Crippen molar-refractivity contribution in [1.82, 2.24) is 10.2 Å². The number of nitrogens with zero attached hydrogens (tertiary/aromatic N) is 1. The Labute approximate surface area is 105 Å². The largest absolute Gasteiger partial charge is 0.308 e. The highest BCUT2D eigenvalue weighted by Gasteiger charge is 2.35. The lowest BCUT2D eigenvalue weighted by Crippen LogP contribution is -2.56. The Kier molecular flexibility index (Phi) is 4.09. The van der Waals surface area contributed by atoms with Gasteiger partial charge in [-0.15, -0.1) is 0 Å². The van der Waals surface area contributed by atoms with Crippen molar-refractivity contribution in [2.24, 2.45) is 0 Å². The van der Waals surface area contributed by atoms with E-state index in [0.29, 0.717) is 18.6 Å². The molecule has 2 fully saturated rings. The van der Waals surface area contributed by atoms with Crippen molar-refractivity contribution < 1.29 is 4.39 Å². The molecule has 2 nitrogen and oxygen atoms in total. The highest BCUT2D eigenvalue weighted by molar-refractivity contribution is 4.94. The van der Waals surface area contributed by atoms with Crippen molar-refractivity contribution in [3.8, 4) is 0 Å². The molecule has 1 saturated heterocycles. The standard InChI is InChI=1S/C14H27FN2/c1-14(2,3)16-12-6-4-5-7-13(12)17-9-8-11(15)10-17/h11-13,16H,4-10H2,1-3H3/t11?,12-,13-/m0/s1. The maximum atomic E-state index is 13.3. The zero-order valence-electron chi connectivity index (χ0n) is 11.5. The van der Waals surface area contributed by atoms with Crippen molar-refractivity contribution in [2.75, 3.05) is 13.1 Å². The molecule has 0 bridgehead atoms. The first-order valence-corrected chi connectivity index (χ1v) is 7.11. The summed E-state index contributed by atoms with van der Waals surface area (Å²) in [7, 11) is 0. The molecule has 0 aromatic carbocycles. The van der Waals surface area contributed by atoms with Gasteiger partial charge in [0.05, 0.1) is 0 Å². The van der Waals surface area contributed by atoms with Gasteiger partial charge in [0.15, 0.2) is 0 Å². The Morgan fingerprint density at radius 3 is 2.41 bits per heavy atom. The topological polar surface area (TPSA) is 15.3 Å². The molecule has 2 rings (SSSR count). The maximum absolute atomic E-state index is 13.3. The van der Waals surface area contributed by atoms with E-state index in [9.17, 15) is 4.39 Å². The van der Waals surface area contributed by atoms with E-state index in [4.69, 9.17) is 0 Å². The number of rotatable bonds is 2. The Balaban J connectivity index is 1.97. The van der Waals surface area contributed by atoms with Gasteiger partial charge in [0.2, 0.25) is 0 Å². The Morgan fingerprint density at radius 1 is 1.12 bits per heavy atom. The molecule has 0 aromatic heterocycles.